The van der Waals surface area contributed by atoms with Crippen LogP contribution in [0.5, 0.6) is 0 Å². The molecule has 21 heavy (non-hydrogen) atoms. The molecule has 3 aromatic rings. The van der Waals surface area contributed by atoms with Crippen molar-refractivity contribution in [2.45, 2.75) is 6.92 Å². The van der Waals surface area contributed by atoms with Gasteiger partial charge in [-0.05, 0) is 36.2 Å². The van der Waals surface area contributed by atoms with Crippen LogP contribution in [-0.4, -0.2) is 11.2 Å². The highest BCUT2D eigenvalue weighted by Crippen LogP contribution is 2.31. The van der Waals surface area contributed by atoms with E-state index in [4.69, 9.17) is 0 Å². The van der Waals surface area contributed by atoms with E-state index in [2.05, 4.69) is 47.2 Å². The minimum Gasteiger partial charge on any atom is -0.255 e. The molecule has 0 unspecified atom stereocenters. The lowest BCUT2D eigenvalue weighted by atomic mass is 9.99. The Morgan fingerprint density at radius 2 is 1.52 bits per heavy atom. The lowest BCUT2D eigenvalue weighted by Crippen LogP contribution is -1.86. The molecule has 0 aliphatic rings. The van der Waals surface area contributed by atoms with Crippen LogP contribution >= 0.6 is 0 Å². The topological polar surface area (TPSA) is 25.2 Å². The third-order valence-corrected chi connectivity index (χ3v) is 3.36. The maximum Gasteiger partial charge on any atom is 0.0812 e. The highest BCUT2D eigenvalue weighted by molar-refractivity contribution is 5.85. The van der Waals surface area contributed by atoms with Crippen molar-refractivity contribution in [2.24, 2.45) is 4.99 Å². The standard InChI is InChI=1S/C19H16N2/c1-15-8-2-3-10-17(15)18-11-4-5-12-19(18)21-14-16-9-6-7-13-20-16/h2-14H,1H3/b21-14+. The highest BCUT2D eigenvalue weighted by atomic mass is 14.8. The molecule has 0 bridgehead atoms. The summed E-state index contributed by atoms with van der Waals surface area (Å²) in [5, 5.41) is 0. The van der Waals surface area contributed by atoms with Crippen molar-refractivity contribution in [3.05, 3.63) is 84.2 Å². The summed E-state index contributed by atoms with van der Waals surface area (Å²) in [6, 6.07) is 22.3. The Hall–Kier alpha value is -2.74. The van der Waals surface area contributed by atoms with E-state index >= 15 is 0 Å². The average Bonchev–Trinajstić information content (AvgIpc) is 2.55. The number of hydrogen-bond donors (Lipinski definition) is 0. The SMILES string of the molecule is Cc1ccccc1-c1ccccc1/N=C/c1ccccn1. The fourth-order valence-electron chi connectivity index (χ4n) is 2.28. The van der Waals surface area contributed by atoms with Gasteiger partial charge in [0, 0.05) is 11.8 Å². The Morgan fingerprint density at radius 1 is 0.810 bits per heavy atom. The average molecular weight is 272 g/mol. The smallest absolute Gasteiger partial charge is 0.0812 e. The lowest BCUT2D eigenvalue weighted by Gasteiger charge is -2.08. The third-order valence-electron chi connectivity index (χ3n) is 3.36. The van der Waals surface area contributed by atoms with Gasteiger partial charge in [0.05, 0.1) is 17.6 Å². The number of pyridine rings is 1. The summed E-state index contributed by atoms with van der Waals surface area (Å²) in [6.07, 6.45) is 3.58. The van der Waals surface area contributed by atoms with Crippen LogP contribution in [0, 0.1) is 6.92 Å². The van der Waals surface area contributed by atoms with Gasteiger partial charge in [-0.2, -0.15) is 0 Å². The summed E-state index contributed by atoms with van der Waals surface area (Å²) < 4.78 is 0. The van der Waals surface area contributed by atoms with E-state index in [-0.39, 0.29) is 0 Å². The second kappa shape index (κ2) is 6.14. The van der Waals surface area contributed by atoms with Gasteiger partial charge in [0.25, 0.3) is 0 Å². The molecule has 0 atom stereocenters. The van der Waals surface area contributed by atoms with Crippen molar-refractivity contribution in [3.8, 4) is 11.1 Å². The summed E-state index contributed by atoms with van der Waals surface area (Å²) in [4.78, 5) is 8.87. The number of aryl methyl sites for hydroxylation is 1. The summed E-state index contributed by atoms with van der Waals surface area (Å²) in [5.74, 6) is 0. The van der Waals surface area contributed by atoms with E-state index in [1.54, 1.807) is 12.4 Å². The maximum atomic E-state index is 4.61. The van der Waals surface area contributed by atoms with Crippen LogP contribution in [0.4, 0.5) is 5.69 Å². The summed E-state index contributed by atoms with van der Waals surface area (Å²) in [6.45, 7) is 2.12. The quantitative estimate of drug-likeness (QED) is 0.628. The Bertz CT molecular complexity index is 761. The lowest BCUT2D eigenvalue weighted by molar-refractivity contribution is 1.30. The molecule has 2 nitrogen and oxygen atoms in total. The van der Waals surface area contributed by atoms with Crippen LogP contribution in [0.25, 0.3) is 11.1 Å². The summed E-state index contributed by atoms with van der Waals surface area (Å²) >= 11 is 0. The predicted octanol–water partition coefficient (Wildman–Crippen LogP) is 4.81. The highest BCUT2D eigenvalue weighted by Gasteiger charge is 2.05. The molecular weight excluding hydrogens is 256 g/mol. The first-order chi connectivity index (χ1) is 10.3. The van der Waals surface area contributed by atoms with Gasteiger partial charge in [-0.15, -0.1) is 0 Å². The second-order valence-electron chi connectivity index (χ2n) is 4.84. The number of nitrogens with zero attached hydrogens (tertiary/aromatic N) is 2. The van der Waals surface area contributed by atoms with Crippen molar-refractivity contribution in [1.29, 1.82) is 0 Å². The monoisotopic (exact) mass is 272 g/mol. The minimum absolute atomic E-state index is 0.858. The summed E-state index contributed by atoms with van der Waals surface area (Å²) in [7, 11) is 0. The fraction of sp³-hybridized carbons (Fsp3) is 0.0526. The normalized spacial score (nSPS) is 10.9. The van der Waals surface area contributed by atoms with Crippen molar-refractivity contribution in [1.82, 2.24) is 4.98 Å². The molecule has 0 amide bonds. The van der Waals surface area contributed by atoms with Crippen LogP contribution in [0.1, 0.15) is 11.3 Å². The number of para-hydroxylation sites is 1. The molecule has 0 aliphatic carbocycles. The molecule has 2 heteroatoms. The fourth-order valence-corrected chi connectivity index (χ4v) is 2.28. The van der Waals surface area contributed by atoms with Crippen LogP contribution in [0.15, 0.2) is 77.9 Å². The van der Waals surface area contributed by atoms with Crippen LogP contribution in [0.2, 0.25) is 0 Å². The second-order valence-corrected chi connectivity index (χ2v) is 4.84. The van der Waals surface area contributed by atoms with E-state index in [1.807, 2.05) is 36.4 Å². The van der Waals surface area contributed by atoms with Crippen molar-refractivity contribution < 1.29 is 0 Å². The molecule has 0 saturated heterocycles. The molecule has 102 valence electrons. The van der Waals surface area contributed by atoms with Gasteiger partial charge in [-0.1, -0.05) is 48.5 Å². The van der Waals surface area contributed by atoms with Crippen molar-refractivity contribution >= 4 is 11.9 Å². The predicted molar refractivity (Wildman–Crippen MR) is 88.1 cm³/mol. The van der Waals surface area contributed by atoms with Crippen molar-refractivity contribution in [2.75, 3.05) is 0 Å². The molecule has 0 N–H and O–H groups in total. The molecule has 0 fully saturated rings. The van der Waals surface area contributed by atoms with Gasteiger partial charge in [0.1, 0.15) is 0 Å². The van der Waals surface area contributed by atoms with E-state index < -0.39 is 0 Å². The Kier molecular flexibility index (Phi) is 3.88. The van der Waals surface area contributed by atoms with Gasteiger partial charge in [-0.3, -0.25) is 9.98 Å². The maximum absolute atomic E-state index is 4.61. The number of aromatic nitrogens is 1. The van der Waals surface area contributed by atoms with Crippen LogP contribution in [0.3, 0.4) is 0 Å². The zero-order valence-electron chi connectivity index (χ0n) is 11.9. The molecule has 3 rings (SSSR count). The van der Waals surface area contributed by atoms with Crippen LogP contribution in [-0.2, 0) is 0 Å². The third kappa shape index (κ3) is 3.06. The van der Waals surface area contributed by atoms with E-state index in [0.717, 1.165) is 16.9 Å². The molecular formula is C19H16N2. The van der Waals surface area contributed by atoms with E-state index in [1.165, 1.54) is 11.1 Å². The number of benzene rings is 2. The van der Waals surface area contributed by atoms with E-state index in [0.29, 0.717) is 0 Å². The van der Waals surface area contributed by atoms with Gasteiger partial charge < -0.3 is 0 Å². The zero-order valence-corrected chi connectivity index (χ0v) is 11.9. The first-order valence-corrected chi connectivity index (χ1v) is 6.95. The van der Waals surface area contributed by atoms with E-state index in [9.17, 15) is 0 Å². The van der Waals surface area contributed by atoms with Gasteiger partial charge in [-0.25, -0.2) is 0 Å². The number of rotatable bonds is 3. The first-order valence-electron chi connectivity index (χ1n) is 6.95. The number of hydrogen-bond acceptors (Lipinski definition) is 2. The molecule has 0 saturated carbocycles. The Labute approximate surface area is 124 Å². The molecule has 0 spiro atoms. The van der Waals surface area contributed by atoms with Gasteiger partial charge in [0.2, 0.25) is 0 Å². The number of aliphatic imine (C=N–C) groups is 1. The van der Waals surface area contributed by atoms with Gasteiger partial charge >= 0.3 is 0 Å². The Morgan fingerprint density at radius 3 is 2.29 bits per heavy atom. The largest absolute Gasteiger partial charge is 0.255 e. The van der Waals surface area contributed by atoms with Crippen LogP contribution < -0.4 is 0 Å². The zero-order chi connectivity index (χ0) is 14.5. The molecule has 0 aliphatic heterocycles. The molecule has 2 aromatic carbocycles. The molecule has 1 heterocycles. The summed E-state index contributed by atoms with van der Waals surface area (Å²) in [5.41, 5.74) is 5.42. The minimum atomic E-state index is 0.858. The Balaban J connectivity index is 2.01. The van der Waals surface area contributed by atoms with Crippen molar-refractivity contribution in [3.63, 3.8) is 0 Å². The van der Waals surface area contributed by atoms with Gasteiger partial charge in [0.15, 0.2) is 0 Å². The molecule has 0 radical (unpaired) electrons. The first kappa shape index (κ1) is 13.3. The molecule has 1 aromatic heterocycles.